The van der Waals surface area contributed by atoms with E-state index < -0.39 is 46.3 Å². The highest BCUT2D eigenvalue weighted by atomic mass is 16.5. The van der Waals surface area contributed by atoms with Gasteiger partial charge in [-0.05, 0) is 18.9 Å². The summed E-state index contributed by atoms with van der Waals surface area (Å²) in [4.78, 5) is 2.39. The fraction of sp³-hybridized carbons (Fsp3) is 1.00. The molecule has 6 fully saturated rings. The van der Waals surface area contributed by atoms with E-state index in [1.165, 1.54) is 0 Å². The first-order chi connectivity index (χ1) is 16.2. The lowest BCUT2D eigenvalue weighted by Gasteiger charge is -2.70. The van der Waals surface area contributed by atoms with Crippen LogP contribution in [0.1, 0.15) is 26.2 Å². The minimum absolute atomic E-state index is 0.0636. The fourth-order valence-electron chi connectivity index (χ4n) is 10.9. The van der Waals surface area contributed by atoms with Crippen molar-refractivity contribution in [3.63, 3.8) is 0 Å². The predicted octanol–water partition coefficient (Wildman–Crippen LogP) is -0.758. The average molecular weight is 484 g/mol. The number of fused-ring (bicyclic) bond motifs is 2. The molecule has 1 spiro atoms. The molecule has 5 saturated carbocycles. The second kappa shape index (κ2) is 7.36. The lowest BCUT2D eigenvalue weighted by atomic mass is 9.42. The molecular formula is C25H41NO8. The number of hydrogen-bond acceptors (Lipinski definition) is 9. The van der Waals surface area contributed by atoms with Gasteiger partial charge in [0.2, 0.25) is 0 Å². The third kappa shape index (κ3) is 2.26. The highest BCUT2D eigenvalue weighted by molar-refractivity contribution is 5.38. The maximum absolute atomic E-state index is 12.6. The molecule has 9 nitrogen and oxygen atoms in total. The van der Waals surface area contributed by atoms with Crippen LogP contribution in [0.2, 0.25) is 0 Å². The quantitative estimate of drug-likeness (QED) is 0.386. The van der Waals surface area contributed by atoms with Gasteiger partial charge in [-0.15, -0.1) is 0 Å². The molecule has 1 saturated heterocycles. The molecule has 0 aromatic carbocycles. The first kappa shape index (κ1) is 24.0. The molecule has 6 aliphatic rings. The van der Waals surface area contributed by atoms with E-state index >= 15 is 0 Å². The highest BCUT2D eigenvalue weighted by Gasteiger charge is 2.89. The Morgan fingerprint density at radius 1 is 0.912 bits per heavy atom. The van der Waals surface area contributed by atoms with Crippen molar-refractivity contribution in [2.75, 3.05) is 48.1 Å². The van der Waals surface area contributed by atoms with Crippen LogP contribution in [-0.2, 0) is 18.9 Å². The summed E-state index contributed by atoms with van der Waals surface area (Å²) in [5.74, 6) is -1.20. The van der Waals surface area contributed by atoms with Gasteiger partial charge in [-0.25, -0.2) is 0 Å². The van der Waals surface area contributed by atoms with E-state index in [9.17, 15) is 20.4 Å². The molecule has 14 atom stereocenters. The Kier molecular flexibility index (Phi) is 5.19. The lowest BCUT2D eigenvalue weighted by Crippen LogP contribution is -2.78. The van der Waals surface area contributed by atoms with Crippen molar-refractivity contribution in [2.24, 2.45) is 34.5 Å². The summed E-state index contributed by atoms with van der Waals surface area (Å²) in [5.41, 5.74) is -3.83. The molecule has 194 valence electrons. The monoisotopic (exact) mass is 483 g/mol. The molecule has 0 aromatic heterocycles. The fourth-order valence-corrected chi connectivity index (χ4v) is 10.9. The topological polar surface area (TPSA) is 121 Å². The molecule has 0 radical (unpaired) electrons. The molecule has 0 aromatic rings. The summed E-state index contributed by atoms with van der Waals surface area (Å²) < 4.78 is 24.0. The van der Waals surface area contributed by atoms with E-state index in [2.05, 4.69) is 11.8 Å². The Hall–Kier alpha value is -0.360. The van der Waals surface area contributed by atoms with Gasteiger partial charge >= 0.3 is 0 Å². The molecule has 0 amide bonds. The van der Waals surface area contributed by atoms with Gasteiger partial charge in [-0.3, -0.25) is 4.90 Å². The molecule has 34 heavy (non-hydrogen) atoms. The zero-order valence-electron chi connectivity index (χ0n) is 20.9. The van der Waals surface area contributed by atoms with E-state index in [4.69, 9.17) is 18.9 Å². The van der Waals surface area contributed by atoms with Crippen LogP contribution in [0.4, 0.5) is 0 Å². The maximum Gasteiger partial charge on any atom is 0.117 e. The van der Waals surface area contributed by atoms with Gasteiger partial charge in [0.1, 0.15) is 5.60 Å². The summed E-state index contributed by atoms with van der Waals surface area (Å²) in [6, 6.07) is -0.0636. The number of aliphatic hydroxyl groups is 4. The van der Waals surface area contributed by atoms with Crippen LogP contribution >= 0.6 is 0 Å². The zero-order chi connectivity index (χ0) is 24.4. The predicted molar refractivity (Wildman–Crippen MR) is 120 cm³/mol. The molecule has 5 aliphatic carbocycles. The SMILES string of the molecule is CCN1C[C@@]2(COC)C3[C@@H](OC)C4C1C3(C(OC)C[C@H]2O)C1C[C@@]2(O)C(O)C1[C@]4(O)C[C@@H]2OC. The minimum Gasteiger partial charge on any atom is -0.392 e. The number of piperidine rings is 1. The van der Waals surface area contributed by atoms with Crippen molar-refractivity contribution < 1.29 is 39.4 Å². The second-order valence-corrected chi connectivity index (χ2v) is 12.0. The number of aliphatic hydroxyl groups excluding tert-OH is 2. The zero-order valence-corrected chi connectivity index (χ0v) is 20.9. The largest absolute Gasteiger partial charge is 0.392 e. The van der Waals surface area contributed by atoms with Gasteiger partial charge in [0, 0.05) is 82.5 Å². The van der Waals surface area contributed by atoms with Crippen LogP contribution in [0.15, 0.2) is 0 Å². The standard InChI is InChI=1S/C25H41NO8/c1-6-26-10-22(11-31-2)13(27)7-14(32-3)25-12-8-23(29)15(33-4)9-24(30,16(12)21(23)28)17(20(25)26)18(34-5)19(22)25/h12-21,27-30H,6-11H2,1-5H3/t12?,13-,14?,15+,16?,17?,18+,19?,20?,21?,22+,23+,24-,25?/m1/s1. The molecule has 7 bridgehead atoms. The van der Waals surface area contributed by atoms with Crippen LogP contribution in [0, 0.1) is 34.5 Å². The number of methoxy groups -OCH3 is 4. The van der Waals surface area contributed by atoms with Gasteiger partial charge < -0.3 is 39.4 Å². The van der Waals surface area contributed by atoms with Gasteiger partial charge in [0.25, 0.3) is 0 Å². The highest BCUT2D eigenvalue weighted by Crippen LogP contribution is 2.79. The number of ether oxygens (including phenoxy) is 4. The molecule has 9 heteroatoms. The van der Waals surface area contributed by atoms with Crippen molar-refractivity contribution in [2.45, 2.75) is 73.9 Å². The van der Waals surface area contributed by atoms with E-state index in [1.807, 2.05) is 0 Å². The molecular weight excluding hydrogens is 442 g/mol. The number of likely N-dealkylation sites (tertiary alicyclic amines) is 1. The Morgan fingerprint density at radius 2 is 1.62 bits per heavy atom. The Bertz CT molecular complexity index is 846. The molecule has 6 rings (SSSR count). The molecule has 8 unspecified atom stereocenters. The van der Waals surface area contributed by atoms with E-state index in [-0.39, 0.29) is 42.4 Å². The van der Waals surface area contributed by atoms with E-state index in [0.717, 1.165) is 6.54 Å². The minimum atomic E-state index is -1.43. The van der Waals surface area contributed by atoms with Gasteiger partial charge in [-0.1, -0.05) is 6.92 Å². The first-order valence-electron chi connectivity index (χ1n) is 12.8. The van der Waals surface area contributed by atoms with Crippen molar-refractivity contribution in [1.29, 1.82) is 0 Å². The number of nitrogens with zero attached hydrogens (tertiary/aromatic N) is 1. The summed E-state index contributed by atoms with van der Waals surface area (Å²) in [5, 5.41) is 47.6. The van der Waals surface area contributed by atoms with Gasteiger partial charge in [-0.2, -0.15) is 0 Å². The number of rotatable bonds is 6. The van der Waals surface area contributed by atoms with Crippen LogP contribution in [0.25, 0.3) is 0 Å². The van der Waals surface area contributed by atoms with Crippen LogP contribution in [0.3, 0.4) is 0 Å². The summed E-state index contributed by atoms with van der Waals surface area (Å²) in [7, 11) is 6.61. The normalized spacial score (nSPS) is 61.7. The Balaban J connectivity index is 1.66. The first-order valence-corrected chi connectivity index (χ1v) is 12.8. The third-order valence-corrected chi connectivity index (χ3v) is 11.6. The second-order valence-electron chi connectivity index (χ2n) is 12.0. The van der Waals surface area contributed by atoms with Crippen LogP contribution < -0.4 is 0 Å². The van der Waals surface area contributed by atoms with Crippen molar-refractivity contribution in [1.82, 2.24) is 4.90 Å². The van der Waals surface area contributed by atoms with Gasteiger partial charge in [0.05, 0.1) is 42.7 Å². The molecule has 1 heterocycles. The van der Waals surface area contributed by atoms with Crippen molar-refractivity contribution >= 4 is 0 Å². The van der Waals surface area contributed by atoms with Crippen molar-refractivity contribution in [3.05, 3.63) is 0 Å². The maximum atomic E-state index is 12.6. The van der Waals surface area contributed by atoms with Crippen molar-refractivity contribution in [3.8, 4) is 0 Å². The van der Waals surface area contributed by atoms with E-state index in [0.29, 0.717) is 26.0 Å². The third-order valence-electron chi connectivity index (χ3n) is 11.6. The lowest BCUT2D eigenvalue weighted by molar-refractivity contribution is -0.298. The smallest absolute Gasteiger partial charge is 0.117 e. The summed E-state index contributed by atoms with van der Waals surface area (Å²) in [6.07, 6.45) is -2.06. The Morgan fingerprint density at radius 3 is 2.21 bits per heavy atom. The van der Waals surface area contributed by atoms with Crippen LogP contribution in [-0.4, -0.2) is 121 Å². The van der Waals surface area contributed by atoms with E-state index in [1.54, 1.807) is 28.4 Å². The molecule has 1 aliphatic heterocycles. The molecule has 4 N–H and O–H groups in total. The Labute approximate surface area is 201 Å². The van der Waals surface area contributed by atoms with Crippen LogP contribution in [0.5, 0.6) is 0 Å². The average Bonchev–Trinajstić information content (AvgIpc) is 3.17. The summed E-state index contributed by atoms with van der Waals surface area (Å²) in [6.45, 7) is 3.88. The summed E-state index contributed by atoms with van der Waals surface area (Å²) >= 11 is 0. The van der Waals surface area contributed by atoms with Gasteiger partial charge in [0.15, 0.2) is 0 Å². The number of hydrogen-bond donors (Lipinski definition) is 4.